The fraction of sp³-hybridized carbons (Fsp3) is 0.455. The van der Waals surface area contributed by atoms with Crippen molar-refractivity contribution in [2.75, 3.05) is 19.7 Å². The second-order valence-corrected chi connectivity index (χ2v) is 7.42. The summed E-state index contributed by atoms with van der Waals surface area (Å²) in [7, 11) is 0. The number of hydrogen-bond donors (Lipinski definition) is 0. The zero-order valence-corrected chi connectivity index (χ0v) is 14.9. The van der Waals surface area contributed by atoms with Crippen LogP contribution in [0.5, 0.6) is 0 Å². The molecule has 2 fully saturated rings. The Morgan fingerprint density at radius 2 is 1.60 bits per heavy atom. The highest BCUT2D eigenvalue weighted by atomic mass is 16.7. The van der Waals surface area contributed by atoms with E-state index >= 15 is 0 Å². The molecule has 2 unspecified atom stereocenters. The summed E-state index contributed by atoms with van der Waals surface area (Å²) in [5, 5.41) is 0. The molecular weight excluding hydrogens is 310 g/mol. The van der Waals surface area contributed by atoms with Gasteiger partial charge in [-0.1, -0.05) is 67.6 Å². The molecule has 0 saturated carbocycles. The lowest BCUT2D eigenvalue weighted by atomic mass is 9.79. The van der Waals surface area contributed by atoms with Crippen LogP contribution in [-0.4, -0.2) is 30.2 Å². The van der Waals surface area contributed by atoms with Gasteiger partial charge in [-0.3, -0.25) is 4.90 Å². The minimum absolute atomic E-state index is 0.0497. The summed E-state index contributed by atoms with van der Waals surface area (Å²) < 4.78 is 12.6. The first-order valence-corrected chi connectivity index (χ1v) is 9.36. The van der Waals surface area contributed by atoms with Crippen molar-refractivity contribution in [3.05, 3.63) is 71.8 Å². The van der Waals surface area contributed by atoms with Crippen LogP contribution in [0.4, 0.5) is 0 Å². The summed E-state index contributed by atoms with van der Waals surface area (Å²) in [6.45, 7) is 6.25. The highest BCUT2D eigenvalue weighted by Crippen LogP contribution is 2.42. The smallest absolute Gasteiger partial charge is 0.184 e. The van der Waals surface area contributed by atoms with Crippen molar-refractivity contribution in [1.82, 2.24) is 4.90 Å². The topological polar surface area (TPSA) is 21.7 Å². The molecule has 0 bridgehead atoms. The number of nitrogens with zero attached hydrogens (tertiary/aromatic N) is 1. The van der Waals surface area contributed by atoms with E-state index in [1.54, 1.807) is 0 Å². The van der Waals surface area contributed by atoms with E-state index in [2.05, 4.69) is 66.4 Å². The van der Waals surface area contributed by atoms with Crippen LogP contribution < -0.4 is 0 Å². The normalized spacial score (nSPS) is 26.6. The molecule has 3 heteroatoms. The fourth-order valence-electron chi connectivity index (χ4n) is 4.06. The summed E-state index contributed by atoms with van der Waals surface area (Å²) in [6, 6.07) is 21.1. The minimum Gasteiger partial charge on any atom is -0.348 e. The van der Waals surface area contributed by atoms with Gasteiger partial charge in [-0.05, 0) is 18.4 Å². The van der Waals surface area contributed by atoms with Gasteiger partial charge in [0.2, 0.25) is 0 Å². The van der Waals surface area contributed by atoms with Crippen molar-refractivity contribution in [2.45, 2.75) is 38.2 Å². The molecule has 2 heterocycles. The van der Waals surface area contributed by atoms with E-state index in [-0.39, 0.29) is 11.9 Å². The summed E-state index contributed by atoms with van der Waals surface area (Å²) in [5.74, 6) is 0.436. The van der Waals surface area contributed by atoms with Gasteiger partial charge < -0.3 is 9.47 Å². The Labute approximate surface area is 150 Å². The molecule has 1 spiro atoms. The first-order chi connectivity index (χ1) is 12.3. The van der Waals surface area contributed by atoms with Crippen LogP contribution in [-0.2, 0) is 16.0 Å². The molecule has 132 valence electrons. The molecule has 2 aromatic rings. The van der Waals surface area contributed by atoms with Crippen molar-refractivity contribution < 1.29 is 9.47 Å². The highest BCUT2D eigenvalue weighted by Gasteiger charge is 2.45. The fourth-order valence-corrected chi connectivity index (χ4v) is 4.06. The average molecular weight is 337 g/mol. The second kappa shape index (κ2) is 7.28. The van der Waals surface area contributed by atoms with Gasteiger partial charge in [0.1, 0.15) is 0 Å². The van der Waals surface area contributed by atoms with Crippen molar-refractivity contribution >= 4 is 0 Å². The Kier molecular flexibility index (Phi) is 4.89. The number of ether oxygens (including phenoxy) is 2. The summed E-state index contributed by atoms with van der Waals surface area (Å²) in [5.41, 5.74) is 2.47. The zero-order chi connectivity index (χ0) is 17.1. The third-order valence-corrected chi connectivity index (χ3v) is 5.76. The van der Waals surface area contributed by atoms with E-state index in [0.29, 0.717) is 5.92 Å². The maximum absolute atomic E-state index is 6.56. The zero-order valence-electron chi connectivity index (χ0n) is 14.9. The number of hydrogen-bond acceptors (Lipinski definition) is 3. The second-order valence-electron chi connectivity index (χ2n) is 7.42. The minimum atomic E-state index is -0.224. The Morgan fingerprint density at radius 3 is 2.28 bits per heavy atom. The number of benzene rings is 2. The molecule has 2 aliphatic heterocycles. The van der Waals surface area contributed by atoms with Crippen LogP contribution in [0, 0.1) is 5.92 Å². The predicted molar refractivity (Wildman–Crippen MR) is 99.1 cm³/mol. The first-order valence-electron chi connectivity index (χ1n) is 9.36. The molecule has 0 N–H and O–H groups in total. The largest absolute Gasteiger partial charge is 0.348 e. The van der Waals surface area contributed by atoms with Crippen molar-refractivity contribution in [3.8, 4) is 0 Å². The van der Waals surface area contributed by atoms with Gasteiger partial charge in [0.25, 0.3) is 0 Å². The SMILES string of the molecule is CC1COC(c2ccccc2)OC12CCN(Cc1ccccc1)CC2. The summed E-state index contributed by atoms with van der Waals surface area (Å²) in [4.78, 5) is 2.55. The maximum atomic E-state index is 6.56. The highest BCUT2D eigenvalue weighted by molar-refractivity contribution is 5.17. The van der Waals surface area contributed by atoms with Crippen molar-refractivity contribution in [2.24, 2.45) is 5.92 Å². The van der Waals surface area contributed by atoms with Crippen LogP contribution >= 0.6 is 0 Å². The standard InChI is InChI=1S/C22H27NO2/c1-18-17-24-21(20-10-6-3-7-11-20)25-22(18)12-14-23(15-13-22)16-19-8-4-2-5-9-19/h2-11,18,21H,12-17H2,1H3. The molecule has 0 amide bonds. The van der Waals surface area contributed by atoms with Crippen LogP contribution in [0.3, 0.4) is 0 Å². The molecule has 2 aromatic carbocycles. The van der Waals surface area contributed by atoms with Crippen LogP contribution in [0.15, 0.2) is 60.7 Å². The van der Waals surface area contributed by atoms with Gasteiger partial charge in [-0.2, -0.15) is 0 Å². The maximum Gasteiger partial charge on any atom is 0.184 e. The number of rotatable bonds is 3. The van der Waals surface area contributed by atoms with Crippen LogP contribution in [0.25, 0.3) is 0 Å². The van der Waals surface area contributed by atoms with Gasteiger partial charge in [0.15, 0.2) is 6.29 Å². The lowest BCUT2D eigenvalue weighted by Gasteiger charge is -2.50. The monoisotopic (exact) mass is 337 g/mol. The molecular formula is C22H27NO2. The Hall–Kier alpha value is -1.68. The van der Waals surface area contributed by atoms with Crippen molar-refractivity contribution in [1.29, 1.82) is 0 Å². The molecule has 2 atom stereocenters. The van der Waals surface area contributed by atoms with E-state index in [0.717, 1.165) is 44.6 Å². The molecule has 4 rings (SSSR count). The lowest BCUT2D eigenvalue weighted by molar-refractivity contribution is -0.295. The number of piperidine rings is 1. The molecule has 0 aromatic heterocycles. The van der Waals surface area contributed by atoms with E-state index in [1.807, 2.05) is 6.07 Å². The van der Waals surface area contributed by atoms with Crippen LogP contribution in [0.2, 0.25) is 0 Å². The predicted octanol–water partition coefficient (Wildman–Crippen LogP) is 4.40. The molecule has 2 saturated heterocycles. The van der Waals surface area contributed by atoms with E-state index in [4.69, 9.17) is 9.47 Å². The van der Waals surface area contributed by atoms with Gasteiger partial charge in [-0.25, -0.2) is 0 Å². The van der Waals surface area contributed by atoms with Crippen molar-refractivity contribution in [3.63, 3.8) is 0 Å². The van der Waals surface area contributed by atoms with Gasteiger partial charge >= 0.3 is 0 Å². The molecule has 25 heavy (non-hydrogen) atoms. The average Bonchev–Trinajstić information content (AvgIpc) is 2.67. The Bertz CT molecular complexity index is 665. The molecule has 0 aliphatic carbocycles. The molecule has 0 radical (unpaired) electrons. The Balaban J connectivity index is 1.41. The van der Waals surface area contributed by atoms with E-state index in [9.17, 15) is 0 Å². The van der Waals surface area contributed by atoms with E-state index < -0.39 is 0 Å². The number of likely N-dealkylation sites (tertiary alicyclic amines) is 1. The van der Waals surface area contributed by atoms with Crippen LogP contribution in [0.1, 0.15) is 37.2 Å². The summed E-state index contributed by atoms with van der Waals surface area (Å²) in [6.07, 6.45) is 1.93. The third-order valence-electron chi connectivity index (χ3n) is 5.76. The van der Waals surface area contributed by atoms with Gasteiger partial charge in [-0.15, -0.1) is 0 Å². The lowest BCUT2D eigenvalue weighted by Crippen LogP contribution is -2.54. The Morgan fingerprint density at radius 1 is 0.960 bits per heavy atom. The third kappa shape index (κ3) is 3.64. The van der Waals surface area contributed by atoms with Gasteiger partial charge in [0, 0.05) is 31.1 Å². The summed E-state index contributed by atoms with van der Waals surface area (Å²) >= 11 is 0. The quantitative estimate of drug-likeness (QED) is 0.828. The van der Waals surface area contributed by atoms with E-state index in [1.165, 1.54) is 5.56 Å². The first kappa shape index (κ1) is 16.8. The van der Waals surface area contributed by atoms with Gasteiger partial charge in [0.05, 0.1) is 12.2 Å². The molecule has 3 nitrogen and oxygen atoms in total. The molecule has 2 aliphatic rings.